The molecule has 0 aromatic heterocycles. The molecule has 12 heteroatoms. The standard InChI is InChI=1S/C30H33Cl2N3O6S/c1-4-20(2)33-30(37)26(14-21-8-6-5-7-9-21)34(17-22-10-11-23(31)15-25(22)32)29(36)18-35(42(3,38)39)24-12-13-27-28(16-24)41-19-40-27/h5-13,15-16,20,26H,4,14,17-19H2,1-3H3,(H,33,37)/t20-,26+/m1/s1. The van der Waals surface area contributed by atoms with E-state index in [1.807, 2.05) is 44.2 Å². The van der Waals surface area contributed by atoms with E-state index in [1.165, 1.54) is 11.0 Å². The van der Waals surface area contributed by atoms with Gasteiger partial charge in [0.1, 0.15) is 12.6 Å². The average Bonchev–Trinajstić information content (AvgIpc) is 3.42. The molecule has 3 aromatic rings. The predicted molar refractivity (Wildman–Crippen MR) is 164 cm³/mol. The Morgan fingerprint density at radius 1 is 1.00 bits per heavy atom. The first-order valence-corrected chi connectivity index (χ1v) is 16.0. The van der Waals surface area contributed by atoms with Gasteiger partial charge < -0.3 is 19.7 Å². The zero-order valence-corrected chi connectivity index (χ0v) is 25.9. The van der Waals surface area contributed by atoms with Crippen LogP contribution in [0.4, 0.5) is 5.69 Å². The summed E-state index contributed by atoms with van der Waals surface area (Å²) in [7, 11) is -3.93. The number of carbonyl (C=O) groups excluding carboxylic acids is 2. The molecule has 1 aliphatic heterocycles. The highest BCUT2D eigenvalue weighted by atomic mass is 35.5. The highest BCUT2D eigenvalue weighted by molar-refractivity contribution is 7.92. The number of fused-ring (bicyclic) bond motifs is 1. The number of rotatable bonds is 12. The van der Waals surface area contributed by atoms with Gasteiger partial charge in [-0.1, -0.05) is 66.5 Å². The van der Waals surface area contributed by atoms with Gasteiger partial charge in [-0.25, -0.2) is 8.42 Å². The van der Waals surface area contributed by atoms with E-state index in [0.717, 1.165) is 16.1 Å². The van der Waals surface area contributed by atoms with Crippen LogP contribution in [-0.2, 0) is 32.6 Å². The van der Waals surface area contributed by atoms with Gasteiger partial charge in [0.25, 0.3) is 0 Å². The van der Waals surface area contributed by atoms with Gasteiger partial charge in [0, 0.05) is 35.1 Å². The summed E-state index contributed by atoms with van der Waals surface area (Å²) in [5.41, 5.74) is 1.61. The number of halogens is 2. The third-order valence-electron chi connectivity index (χ3n) is 6.95. The maximum atomic E-state index is 14.2. The molecule has 0 saturated carbocycles. The molecule has 0 spiro atoms. The number of sulfonamides is 1. The number of nitrogens with zero attached hydrogens (tertiary/aromatic N) is 2. The average molecular weight is 635 g/mol. The summed E-state index contributed by atoms with van der Waals surface area (Å²) in [4.78, 5) is 29.3. The quantitative estimate of drug-likeness (QED) is 0.299. The van der Waals surface area contributed by atoms with Crippen LogP contribution in [0.1, 0.15) is 31.4 Å². The number of amides is 2. The lowest BCUT2D eigenvalue weighted by atomic mass is 10.0. The molecule has 9 nitrogen and oxygen atoms in total. The van der Waals surface area contributed by atoms with Crippen LogP contribution >= 0.6 is 23.2 Å². The van der Waals surface area contributed by atoms with E-state index in [0.29, 0.717) is 33.5 Å². The monoisotopic (exact) mass is 633 g/mol. The van der Waals surface area contributed by atoms with Crippen LogP contribution in [0.15, 0.2) is 66.7 Å². The molecule has 2 amide bonds. The molecule has 0 fully saturated rings. The molecular formula is C30H33Cl2N3O6S. The first-order chi connectivity index (χ1) is 20.0. The van der Waals surface area contributed by atoms with Gasteiger partial charge in [-0.05, 0) is 48.7 Å². The van der Waals surface area contributed by atoms with Crippen LogP contribution in [0.25, 0.3) is 0 Å². The van der Waals surface area contributed by atoms with Crippen LogP contribution in [0.3, 0.4) is 0 Å². The number of ether oxygens (including phenoxy) is 2. The van der Waals surface area contributed by atoms with Crippen LogP contribution < -0.4 is 19.1 Å². The SMILES string of the molecule is CC[C@@H](C)NC(=O)[C@H](Cc1ccccc1)N(Cc1ccc(Cl)cc1Cl)C(=O)CN(c1ccc2c(c1)OCO2)S(C)(=O)=O. The molecular weight excluding hydrogens is 601 g/mol. The molecule has 3 aromatic carbocycles. The van der Waals surface area contributed by atoms with Crippen molar-refractivity contribution in [3.63, 3.8) is 0 Å². The van der Waals surface area contributed by atoms with Gasteiger partial charge in [0.05, 0.1) is 11.9 Å². The maximum Gasteiger partial charge on any atom is 0.244 e. The Kier molecular flexibility index (Phi) is 10.2. The zero-order chi connectivity index (χ0) is 30.4. The van der Waals surface area contributed by atoms with E-state index >= 15 is 0 Å². The second kappa shape index (κ2) is 13.7. The largest absolute Gasteiger partial charge is 0.454 e. The highest BCUT2D eigenvalue weighted by Crippen LogP contribution is 2.36. The van der Waals surface area contributed by atoms with Gasteiger partial charge in [0.2, 0.25) is 28.6 Å². The van der Waals surface area contributed by atoms with Gasteiger partial charge in [-0.15, -0.1) is 0 Å². The molecule has 42 heavy (non-hydrogen) atoms. The summed E-state index contributed by atoms with van der Waals surface area (Å²) in [5.74, 6) is -0.111. The van der Waals surface area contributed by atoms with Crippen molar-refractivity contribution in [3.05, 3.63) is 87.9 Å². The van der Waals surface area contributed by atoms with Crippen molar-refractivity contribution in [3.8, 4) is 11.5 Å². The summed E-state index contributed by atoms with van der Waals surface area (Å²) >= 11 is 12.6. The summed E-state index contributed by atoms with van der Waals surface area (Å²) in [5, 5.41) is 3.73. The zero-order valence-electron chi connectivity index (χ0n) is 23.5. The third kappa shape index (κ3) is 7.87. The van der Waals surface area contributed by atoms with Gasteiger partial charge in [-0.3, -0.25) is 13.9 Å². The summed E-state index contributed by atoms with van der Waals surface area (Å²) in [6.45, 7) is 3.22. The first-order valence-electron chi connectivity index (χ1n) is 13.4. The Bertz CT molecular complexity index is 1540. The van der Waals surface area contributed by atoms with Crippen molar-refractivity contribution in [2.45, 2.75) is 45.3 Å². The maximum absolute atomic E-state index is 14.2. The number of nitrogens with one attached hydrogen (secondary N) is 1. The second-order valence-electron chi connectivity index (χ2n) is 10.1. The first kappa shape index (κ1) is 31.5. The van der Waals surface area contributed by atoms with Crippen molar-refractivity contribution in [2.75, 3.05) is 23.9 Å². The number of anilines is 1. The molecule has 0 bridgehead atoms. The number of hydrogen-bond donors (Lipinski definition) is 1. The van der Waals surface area contributed by atoms with Crippen LogP contribution in [-0.4, -0.2) is 56.8 Å². The Morgan fingerprint density at radius 3 is 2.38 bits per heavy atom. The van der Waals surface area contributed by atoms with Crippen LogP contribution in [0.2, 0.25) is 10.0 Å². The van der Waals surface area contributed by atoms with Crippen molar-refractivity contribution in [1.82, 2.24) is 10.2 Å². The lowest BCUT2D eigenvalue weighted by Crippen LogP contribution is -2.54. The number of carbonyl (C=O) groups is 2. The highest BCUT2D eigenvalue weighted by Gasteiger charge is 2.34. The number of hydrogen-bond acceptors (Lipinski definition) is 6. The minimum Gasteiger partial charge on any atom is -0.454 e. The molecule has 1 N–H and O–H groups in total. The smallest absolute Gasteiger partial charge is 0.244 e. The molecule has 0 unspecified atom stereocenters. The van der Waals surface area contributed by atoms with Gasteiger partial charge in [-0.2, -0.15) is 0 Å². The molecule has 2 atom stereocenters. The lowest BCUT2D eigenvalue weighted by molar-refractivity contribution is -0.140. The second-order valence-corrected chi connectivity index (χ2v) is 12.8. The number of benzene rings is 3. The Labute approximate surface area is 256 Å². The Morgan fingerprint density at radius 2 is 1.71 bits per heavy atom. The Hall–Kier alpha value is -3.47. The topological polar surface area (TPSA) is 105 Å². The van der Waals surface area contributed by atoms with Gasteiger partial charge in [0.15, 0.2) is 11.5 Å². The third-order valence-corrected chi connectivity index (χ3v) is 8.68. The minimum atomic E-state index is -3.93. The summed E-state index contributed by atoms with van der Waals surface area (Å²) < 4.78 is 37.7. The molecule has 1 heterocycles. The van der Waals surface area contributed by atoms with E-state index in [1.54, 1.807) is 30.3 Å². The normalized spacial score (nSPS) is 13.7. The summed E-state index contributed by atoms with van der Waals surface area (Å²) in [6.07, 6.45) is 1.90. The molecule has 4 rings (SSSR count). The molecule has 0 saturated heterocycles. The van der Waals surface area contributed by atoms with E-state index < -0.39 is 28.5 Å². The fraction of sp³-hybridized carbons (Fsp3) is 0.333. The summed E-state index contributed by atoms with van der Waals surface area (Å²) in [6, 6.07) is 17.7. The fourth-order valence-corrected chi connectivity index (χ4v) is 5.79. The fourth-order valence-electron chi connectivity index (χ4n) is 4.48. The van der Waals surface area contributed by atoms with E-state index in [-0.39, 0.29) is 37.4 Å². The predicted octanol–water partition coefficient (Wildman–Crippen LogP) is 5.04. The van der Waals surface area contributed by atoms with Crippen molar-refractivity contribution < 1.29 is 27.5 Å². The molecule has 1 aliphatic rings. The van der Waals surface area contributed by atoms with Gasteiger partial charge >= 0.3 is 0 Å². The van der Waals surface area contributed by atoms with Crippen molar-refractivity contribution in [1.29, 1.82) is 0 Å². The Balaban J connectivity index is 1.75. The van der Waals surface area contributed by atoms with Crippen molar-refractivity contribution in [2.24, 2.45) is 0 Å². The van der Waals surface area contributed by atoms with E-state index in [9.17, 15) is 18.0 Å². The van der Waals surface area contributed by atoms with Crippen molar-refractivity contribution >= 4 is 50.7 Å². The van der Waals surface area contributed by atoms with Crippen LogP contribution in [0, 0.1) is 0 Å². The van der Waals surface area contributed by atoms with E-state index in [2.05, 4.69) is 5.32 Å². The molecule has 0 radical (unpaired) electrons. The minimum absolute atomic E-state index is 0.0126. The molecule has 224 valence electrons. The lowest BCUT2D eigenvalue weighted by Gasteiger charge is -2.34. The van der Waals surface area contributed by atoms with Crippen LogP contribution in [0.5, 0.6) is 11.5 Å². The molecule has 0 aliphatic carbocycles. The van der Waals surface area contributed by atoms with E-state index in [4.69, 9.17) is 32.7 Å².